The Hall–Kier alpha value is -2.81. The van der Waals surface area contributed by atoms with Crippen LogP contribution in [-0.4, -0.2) is 57.6 Å². The fourth-order valence-electron chi connectivity index (χ4n) is 4.82. The van der Waals surface area contributed by atoms with Crippen molar-refractivity contribution in [3.8, 4) is 0 Å². The molecule has 2 aliphatic rings. The molecule has 0 unspecified atom stereocenters. The molecule has 4 atom stereocenters. The Kier molecular flexibility index (Phi) is 7.34. The molecule has 1 radical (unpaired) electrons. The van der Waals surface area contributed by atoms with Crippen LogP contribution < -0.4 is 10.0 Å². The second kappa shape index (κ2) is 10.5. The number of carbonyl (C=O) groups is 1. The lowest BCUT2D eigenvalue weighted by atomic mass is 9.98. The van der Waals surface area contributed by atoms with E-state index in [0.29, 0.717) is 30.1 Å². The van der Waals surface area contributed by atoms with Gasteiger partial charge < -0.3 is 15.2 Å². The first-order chi connectivity index (χ1) is 17.7. The molecular weight excluding hydrogens is 518 g/mol. The van der Waals surface area contributed by atoms with Gasteiger partial charge in [-0.05, 0) is 43.9 Å². The molecule has 0 saturated heterocycles. The minimum absolute atomic E-state index is 0.241. The third-order valence-corrected chi connectivity index (χ3v) is 8.10. The van der Waals surface area contributed by atoms with Crippen LogP contribution in [0, 0.1) is 19.4 Å². The van der Waals surface area contributed by atoms with Gasteiger partial charge in [0.05, 0.1) is 28.8 Å². The molecule has 1 aliphatic carbocycles. The molecule has 11 nitrogen and oxygen atoms in total. The highest BCUT2D eigenvalue weighted by Gasteiger charge is 2.35. The number of aromatic nitrogens is 3. The minimum atomic E-state index is -4.40. The molecule has 1 aliphatic heterocycles. The Labute approximate surface area is 218 Å². The maximum Gasteiger partial charge on any atom is 0.333 e. The zero-order valence-electron chi connectivity index (χ0n) is 19.9. The van der Waals surface area contributed by atoms with Crippen LogP contribution in [-0.2, 0) is 21.5 Å². The lowest BCUT2D eigenvalue weighted by Gasteiger charge is -2.25. The molecule has 0 aromatic carbocycles. The average Bonchev–Trinajstić information content (AvgIpc) is 3.43. The largest absolute Gasteiger partial charge is 0.393 e. The number of hydrogen-bond acceptors (Lipinski definition) is 10. The predicted molar refractivity (Wildman–Crippen MR) is 135 cm³/mol. The number of thiophene rings is 1. The van der Waals surface area contributed by atoms with Gasteiger partial charge in [-0.25, -0.2) is 9.97 Å². The van der Waals surface area contributed by atoms with Crippen LogP contribution in [0.3, 0.4) is 0 Å². The van der Waals surface area contributed by atoms with E-state index in [1.165, 1.54) is 23.9 Å². The van der Waals surface area contributed by atoms with Gasteiger partial charge in [0.1, 0.15) is 18.2 Å². The van der Waals surface area contributed by atoms with E-state index in [4.69, 9.17) is 9.29 Å². The number of hydrogen-bond donors (Lipinski definition) is 4. The maximum absolute atomic E-state index is 13.6. The summed E-state index contributed by atoms with van der Waals surface area (Å²) in [5.74, 6) is -0.432. The fourth-order valence-corrected chi connectivity index (χ4v) is 6.17. The zero-order chi connectivity index (χ0) is 26.2. The summed E-state index contributed by atoms with van der Waals surface area (Å²) in [6.07, 6.45) is 4.83. The van der Waals surface area contributed by atoms with Gasteiger partial charge in [-0.3, -0.25) is 14.3 Å². The second-order valence-electron chi connectivity index (χ2n) is 9.09. The monoisotopic (exact) mass is 544 g/mol. The van der Waals surface area contributed by atoms with Gasteiger partial charge in [0.25, 0.3) is 0 Å². The van der Waals surface area contributed by atoms with Gasteiger partial charge in [0, 0.05) is 41.3 Å². The zero-order valence-corrected chi connectivity index (χ0v) is 21.5. The van der Waals surface area contributed by atoms with Crippen molar-refractivity contribution in [2.24, 2.45) is 5.92 Å². The number of anilines is 1. The maximum atomic E-state index is 13.6. The standard InChI is InChI=1S/C24H26N5O6S2/c1-13-17(23-21-14(4-6-35-23)3-2-5-26-21)9-20(36-13)22(31)18-11-25-12-27-24(18)29-16-7-15(19(30)8-16)10-28-37(32,33)34/h2-3,5,9-12,15-16,19,23,28,30H,4,6-8H2,1H3,(H,25,27,29)(H,32,33,34)/t15-,16-,19+,23-/m1/s1. The molecule has 195 valence electrons. The molecule has 1 saturated carbocycles. The van der Waals surface area contributed by atoms with Gasteiger partial charge in [-0.15, -0.1) is 11.3 Å². The van der Waals surface area contributed by atoms with Crippen LogP contribution in [0.2, 0.25) is 0 Å². The van der Waals surface area contributed by atoms with E-state index in [1.807, 2.05) is 29.8 Å². The molecule has 0 amide bonds. The number of fused-ring (bicyclic) bond motifs is 1. The predicted octanol–water partition coefficient (Wildman–Crippen LogP) is 2.24. The summed E-state index contributed by atoms with van der Waals surface area (Å²) in [6, 6.07) is 5.53. The number of rotatable bonds is 8. The topological polar surface area (TPSA) is 164 Å². The summed E-state index contributed by atoms with van der Waals surface area (Å²) in [5, 5.41) is 13.5. The summed E-state index contributed by atoms with van der Waals surface area (Å²) >= 11 is 1.37. The number of nitrogens with one attached hydrogen (secondary N) is 2. The van der Waals surface area contributed by atoms with E-state index in [-0.39, 0.29) is 23.5 Å². The fraction of sp³-hybridized carbons (Fsp3) is 0.375. The lowest BCUT2D eigenvalue weighted by Crippen LogP contribution is -2.27. The first kappa shape index (κ1) is 25.8. The Morgan fingerprint density at radius 2 is 2.14 bits per heavy atom. The van der Waals surface area contributed by atoms with Gasteiger partial charge >= 0.3 is 10.3 Å². The summed E-state index contributed by atoms with van der Waals surface area (Å²) in [7, 11) is -4.40. The molecule has 3 aromatic rings. The lowest BCUT2D eigenvalue weighted by molar-refractivity contribution is 0.0663. The Morgan fingerprint density at radius 3 is 2.95 bits per heavy atom. The number of aryl methyl sites for hydroxylation is 1. The van der Waals surface area contributed by atoms with E-state index >= 15 is 0 Å². The quantitative estimate of drug-likeness (QED) is 0.244. The number of nitrogens with zero attached hydrogens (tertiary/aromatic N) is 3. The van der Waals surface area contributed by atoms with Crippen molar-refractivity contribution in [3.05, 3.63) is 75.6 Å². The summed E-state index contributed by atoms with van der Waals surface area (Å²) < 4.78 is 38.8. The first-order valence-electron chi connectivity index (χ1n) is 11.7. The third kappa shape index (κ3) is 5.71. The van der Waals surface area contributed by atoms with Crippen LogP contribution in [0.25, 0.3) is 0 Å². The Bertz CT molecular complexity index is 1410. The minimum Gasteiger partial charge on any atom is -0.393 e. The van der Waals surface area contributed by atoms with Crippen LogP contribution in [0.5, 0.6) is 0 Å². The highest BCUT2D eigenvalue weighted by molar-refractivity contribution is 7.83. The van der Waals surface area contributed by atoms with Crippen molar-refractivity contribution in [3.63, 3.8) is 0 Å². The van der Waals surface area contributed by atoms with E-state index < -0.39 is 22.3 Å². The van der Waals surface area contributed by atoms with E-state index in [0.717, 1.165) is 34.7 Å². The number of pyridine rings is 1. The number of carbonyl (C=O) groups excluding carboxylic acids is 1. The number of aliphatic hydroxyl groups excluding tert-OH is 1. The SMILES string of the molecule is Cc1sc(C(=O)c2cncnc2N[C@H]2C[C@H](O)[C@@H]([CH]NS(=O)(=O)O)C2)cc1[C@H]1OCCc2cccnc21. The number of ether oxygens (including phenoxy) is 1. The molecule has 1 fully saturated rings. The van der Waals surface area contributed by atoms with Gasteiger partial charge in [-0.2, -0.15) is 13.1 Å². The van der Waals surface area contributed by atoms with Crippen LogP contribution in [0.4, 0.5) is 5.82 Å². The molecule has 3 aromatic heterocycles. The van der Waals surface area contributed by atoms with Crippen molar-refractivity contribution < 1.29 is 27.6 Å². The second-order valence-corrected chi connectivity index (χ2v) is 11.5. The molecule has 37 heavy (non-hydrogen) atoms. The Balaban J connectivity index is 1.34. The van der Waals surface area contributed by atoms with Crippen molar-refractivity contribution in [2.45, 2.75) is 44.4 Å². The van der Waals surface area contributed by atoms with Crippen LogP contribution in [0.15, 0.2) is 36.9 Å². The molecular formula is C24H26N5O6S2. The Morgan fingerprint density at radius 1 is 1.30 bits per heavy atom. The highest BCUT2D eigenvalue weighted by Crippen LogP contribution is 2.37. The van der Waals surface area contributed by atoms with Crippen LogP contribution in [0.1, 0.15) is 55.9 Å². The molecule has 0 bridgehead atoms. The summed E-state index contributed by atoms with van der Waals surface area (Å²) in [6.45, 7) is 3.69. The summed E-state index contributed by atoms with van der Waals surface area (Å²) in [5.41, 5.74) is 3.20. The molecule has 5 rings (SSSR count). The molecule has 4 heterocycles. The van der Waals surface area contributed by atoms with Gasteiger partial charge in [-0.1, -0.05) is 6.07 Å². The highest BCUT2D eigenvalue weighted by atomic mass is 32.2. The van der Waals surface area contributed by atoms with Crippen molar-refractivity contribution in [1.82, 2.24) is 19.7 Å². The molecule has 4 N–H and O–H groups in total. The smallest absolute Gasteiger partial charge is 0.333 e. The first-order valence-corrected chi connectivity index (χ1v) is 14.0. The van der Waals surface area contributed by atoms with Crippen LogP contribution >= 0.6 is 11.3 Å². The van der Waals surface area contributed by atoms with E-state index in [2.05, 4.69) is 20.3 Å². The van der Waals surface area contributed by atoms with E-state index in [9.17, 15) is 18.3 Å². The molecule has 0 spiro atoms. The summed E-state index contributed by atoms with van der Waals surface area (Å²) in [4.78, 5) is 27.9. The van der Waals surface area contributed by atoms with Gasteiger partial charge in [0.2, 0.25) is 5.78 Å². The molecule has 13 heteroatoms. The van der Waals surface area contributed by atoms with Crippen molar-refractivity contribution >= 4 is 33.2 Å². The van der Waals surface area contributed by atoms with Gasteiger partial charge in [0.15, 0.2) is 0 Å². The van der Waals surface area contributed by atoms with Crippen molar-refractivity contribution in [1.29, 1.82) is 0 Å². The number of aliphatic hydroxyl groups is 1. The normalized spacial score (nSPS) is 23.5. The average molecular weight is 545 g/mol. The van der Waals surface area contributed by atoms with Crippen molar-refractivity contribution in [2.75, 3.05) is 11.9 Å². The number of ketones is 1. The third-order valence-electron chi connectivity index (χ3n) is 6.60. The van der Waals surface area contributed by atoms with E-state index in [1.54, 1.807) is 6.20 Å².